The molecule has 3 heterocycles. The fraction of sp³-hybridized carbons (Fsp3) is 0.417. The summed E-state index contributed by atoms with van der Waals surface area (Å²) in [4.78, 5) is 43.7. The van der Waals surface area contributed by atoms with Gasteiger partial charge in [-0.05, 0) is 49.4 Å². The fourth-order valence-electron chi connectivity index (χ4n) is 4.37. The number of carbonyl (C=O) groups is 3. The maximum atomic E-state index is 12.6. The maximum absolute atomic E-state index is 12.6. The molecule has 0 aliphatic carbocycles. The van der Waals surface area contributed by atoms with Crippen molar-refractivity contribution in [1.82, 2.24) is 20.1 Å². The summed E-state index contributed by atoms with van der Waals surface area (Å²) >= 11 is 0. The molecule has 2 aliphatic rings. The zero-order chi connectivity index (χ0) is 21.8. The van der Waals surface area contributed by atoms with Gasteiger partial charge in [-0.1, -0.05) is 30.3 Å². The van der Waals surface area contributed by atoms with Gasteiger partial charge in [0.15, 0.2) is 0 Å². The minimum absolute atomic E-state index is 0.0519. The summed E-state index contributed by atoms with van der Waals surface area (Å²) in [5.74, 6) is 0.0894. The van der Waals surface area contributed by atoms with Crippen LogP contribution in [0, 0.1) is 6.92 Å². The minimum Gasteiger partial charge on any atom is -0.342 e. The van der Waals surface area contributed by atoms with Crippen LogP contribution in [0.25, 0.3) is 0 Å². The second kappa shape index (κ2) is 9.29. The SMILES string of the molecule is Cc1cc(Cc2ccccc2)cc([C@@H]2CCN(C(=O)CCCN3C(=O)CNC3=O)C2)n1. The molecular weight excluding hydrogens is 392 g/mol. The zero-order valence-corrected chi connectivity index (χ0v) is 17.8. The van der Waals surface area contributed by atoms with Crippen LogP contribution in [0.5, 0.6) is 0 Å². The lowest BCUT2D eigenvalue weighted by molar-refractivity contribution is -0.131. The van der Waals surface area contributed by atoms with Crippen LogP contribution in [0.1, 0.15) is 47.7 Å². The van der Waals surface area contributed by atoms with Crippen LogP contribution in [0.3, 0.4) is 0 Å². The number of urea groups is 1. The van der Waals surface area contributed by atoms with Crippen molar-refractivity contribution in [3.8, 4) is 0 Å². The normalized spacial score (nSPS) is 18.5. The lowest BCUT2D eigenvalue weighted by Gasteiger charge is -2.18. The topological polar surface area (TPSA) is 82.6 Å². The molecule has 7 heteroatoms. The molecule has 1 atom stereocenters. The molecule has 31 heavy (non-hydrogen) atoms. The summed E-state index contributed by atoms with van der Waals surface area (Å²) < 4.78 is 0. The van der Waals surface area contributed by atoms with Crippen molar-refractivity contribution in [1.29, 1.82) is 0 Å². The molecule has 0 bridgehead atoms. The smallest absolute Gasteiger partial charge is 0.324 e. The third kappa shape index (κ3) is 5.10. The van der Waals surface area contributed by atoms with E-state index in [1.165, 1.54) is 16.0 Å². The summed E-state index contributed by atoms with van der Waals surface area (Å²) in [5, 5.41) is 2.50. The van der Waals surface area contributed by atoms with E-state index in [9.17, 15) is 14.4 Å². The van der Waals surface area contributed by atoms with Gasteiger partial charge in [0.25, 0.3) is 0 Å². The van der Waals surface area contributed by atoms with Gasteiger partial charge in [0.2, 0.25) is 11.8 Å². The lowest BCUT2D eigenvalue weighted by atomic mass is 9.98. The maximum Gasteiger partial charge on any atom is 0.324 e. The molecule has 0 spiro atoms. The highest BCUT2D eigenvalue weighted by atomic mass is 16.2. The molecule has 2 aliphatic heterocycles. The number of rotatable bonds is 7. The van der Waals surface area contributed by atoms with Gasteiger partial charge in [0.1, 0.15) is 0 Å². The van der Waals surface area contributed by atoms with Crippen molar-refractivity contribution in [2.24, 2.45) is 0 Å². The van der Waals surface area contributed by atoms with Gasteiger partial charge >= 0.3 is 6.03 Å². The largest absolute Gasteiger partial charge is 0.342 e. The summed E-state index contributed by atoms with van der Waals surface area (Å²) in [6.45, 7) is 3.75. The second-order valence-corrected chi connectivity index (χ2v) is 8.34. The van der Waals surface area contributed by atoms with E-state index in [0.29, 0.717) is 19.4 Å². The molecule has 0 unspecified atom stereocenters. The Morgan fingerprint density at radius 1 is 1.16 bits per heavy atom. The van der Waals surface area contributed by atoms with Gasteiger partial charge in [0.05, 0.1) is 6.54 Å². The van der Waals surface area contributed by atoms with Crippen LogP contribution in [0.15, 0.2) is 42.5 Å². The summed E-state index contributed by atoms with van der Waals surface area (Å²) in [6, 6.07) is 14.3. The highest BCUT2D eigenvalue weighted by Gasteiger charge is 2.30. The van der Waals surface area contributed by atoms with Crippen LogP contribution in [-0.2, 0) is 16.0 Å². The Kier molecular flexibility index (Phi) is 6.30. The second-order valence-electron chi connectivity index (χ2n) is 8.34. The molecule has 0 radical (unpaired) electrons. The van der Waals surface area contributed by atoms with Crippen molar-refractivity contribution < 1.29 is 14.4 Å². The molecule has 1 aromatic carbocycles. The number of hydrogen-bond donors (Lipinski definition) is 1. The first kappa shape index (κ1) is 21.0. The Morgan fingerprint density at radius 3 is 2.71 bits per heavy atom. The first-order valence-electron chi connectivity index (χ1n) is 10.9. The van der Waals surface area contributed by atoms with Crippen molar-refractivity contribution in [2.75, 3.05) is 26.2 Å². The van der Waals surface area contributed by atoms with Gasteiger partial charge in [-0.15, -0.1) is 0 Å². The molecule has 2 saturated heterocycles. The van der Waals surface area contributed by atoms with Gasteiger partial charge in [0, 0.05) is 43.4 Å². The van der Waals surface area contributed by atoms with E-state index in [1.807, 2.05) is 17.9 Å². The number of benzene rings is 1. The van der Waals surface area contributed by atoms with Crippen LogP contribution in [0.4, 0.5) is 4.79 Å². The zero-order valence-electron chi connectivity index (χ0n) is 17.8. The van der Waals surface area contributed by atoms with E-state index in [1.54, 1.807) is 0 Å². The number of pyridine rings is 1. The van der Waals surface area contributed by atoms with Crippen LogP contribution >= 0.6 is 0 Å². The van der Waals surface area contributed by atoms with Crippen LogP contribution in [0.2, 0.25) is 0 Å². The van der Waals surface area contributed by atoms with E-state index >= 15 is 0 Å². The summed E-state index contributed by atoms with van der Waals surface area (Å²) in [5.41, 5.74) is 4.57. The predicted molar refractivity (Wildman–Crippen MR) is 117 cm³/mol. The molecule has 2 aromatic rings. The molecule has 162 valence electrons. The third-order valence-corrected chi connectivity index (χ3v) is 5.95. The Hall–Kier alpha value is -3.22. The highest BCUT2D eigenvalue weighted by Crippen LogP contribution is 2.28. The molecule has 4 amide bonds. The van der Waals surface area contributed by atoms with Crippen molar-refractivity contribution >= 4 is 17.8 Å². The average molecular weight is 421 g/mol. The first-order valence-corrected chi connectivity index (χ1v) is 10.9. The monoisotopic (exact) mass is 420 g/mol. The number of aryl methyl sites for hydroxylation is 1. The molecular formula is C24H28N4O3. The molecule has 1 aromatic heterocycles. The number of amides is 4. The third-order valence-electron chi connectivity index (χ3n) is 5.95. The Balaban J connectivity index is 1.32. The van der Waals surface area contributed by atoms with Crippen molar-refractivity contribution in [2.45, 2.75) is 38.5 Å². The number of nitrogens with one attached hydrogen (secondary N) is 1. The Labute approximate surface area is 182 Å². The summed E-state index contributed by atoms with van der Waals surface area (Å²) in [7, 11) is 0. The van der Waals surface area contributed by atoms with E-state index in [4.69, 9.17) is 4.98 Å². The first-order chi connectivity index (χ1) is 15.0. The number of hydrogen-bond acceptors (Lipinski definition) is 4. The quantitative estimate of drug-likeness (QED) is 0.698. The fourth-order valence-corrected chi connectivity index (χ4v) is 4.37. The predicted octanol–water partition coefficient (Wildman–Crippen LogP) is 2.63. The standard InChI is InChI=1S/C24H28N4O3/c1-17-12-19(13-18-6-3-2-4-7-18)14-21(26-17)20-9-11-27(16-20)22(29)8-5-10-28-23(30)15-25-24(28)31/h2-4,6-7,12,14,20H,5,8-11,13,15-16H2,1H3,(H,25,31)/t20-/m1/s1. The molecule has 2 fully saturated rings. The number of aromatic nitrogens is 1. The lowest BCUT2D eigenvalue weighted by Crippen LogP contribution is -2.33. The van der Waals surface area contributed by atoms with Crippen LogP contribution in [-0.4, -0.2) is 58.8 Å². The average Bonchev–Trinajstić information content (AvgIpc) is 3.37. The molecule has 0 saturated carbocycles. The highest BCUT2D eigenvalue weighted by molar-refractivity contribution is 6.01. The van der Waals surface area contributed by atoms with Gasteiger partial charge in [-0.2, -0.15) is 0 Å². The summed E-state index contributed by atoms with van der Waals surface area (Å²) in [6.07, 6.45) is 2.60. The Morgan fingerprint density at radius 2 is 1.97 bits per heavy atom. The minimum atomic E-state index is -0.365. The van der Waals surface area contributed by atoms with E-state index in [2.05, 4.69) is 41.7 Å². The van der Waals surface area contributed by atoms with Gasteiger partial charge < -0.3 is 10.2 Å². The van der Waals surface area contributed by atoms with Gasteiger partial charge in [-0.25, -0.2) is 4.79 Å². The Bertz CT molecular complexity index is 960. The van der Waals surface area contributed by atoms with Crippen LogP contribution < -0.4 is 5.32 Å². The van der Waals surface area contributed by atoms with E-state index in [0.717, 1.165) is 30.8 Å². The number of likely N-dealkylation sites (tertiary alicyclic amines) is 1. The van der Waals surface area contributed by atoms with Crippen molar-refractivity contribution in [3.63, 3.8) is 0 Å². The molecule has 1 N–H and O–H groups in total. The molecule has 7 nitrogen and oxygen atoms in total. The van der Waals surface area contributed by atoms with E-state index < -0.39 is 0 Å². The number of nitrogens with zero attached hydrogens (tertiary/aromatic N) is 3. The number of imide groups is 1. The van der Waals surface area contributed by atoms with Crippen molar-refractivity contribution in [3.05, 3.63) is 65.0 Å². The van der Waals surface area contributed by atoms with Gasteiger partial charge in [-0.3, -0.25) is 19.5 Å². The van der Waals surface area contributed by atoms with E-state index in [-0.39, 0.29) is 36.9 Å². The molecule has 4 rings (SSSR count). The number of carbonyl (C=O) groups excluding carboxylic acids is 3.